The van der Waals surface area contributed by atoms with Gasteiger partial charge in [0.25, 0.3) is 5.91 Å². The lowest BCUT2D eigenvalue weighted by Crippen LogP contribution is -2.52. The summed E-state index contributed by atoms with van der Waals surface area (Å²) in [4.78, 5) is 32.2. The summed E-state index contributed by atoms with van der Waals surface area (Å²) in [5.41, 5.74) is 0.693. The van der Waals surface area contributed by atoms with Crippen molar-refractivity contribution in [3.63, 3.8) is 0 Å². The average Bonchev–Trinajstić information content (AvgIpc) is 3.38. The van der Waals surface area contributed by atoms with Gasteiger partial charge in [0.15, 0.2) is 0 Å². The van der Waals surface area contributed by atoms with E-state index in [0.717, 1.165) is 11.4 Å². The van der Waals surface area contributed by atoms with E-state index in [1.54, 1.807) is 17.2 Å². The van der Waals surface area contributed by atoms with Crippen LogP contribution in [-0.2, 0) is 10.2 Å². The van der Waals surface area contributed by atoms with Crippen molar-refractivity contribution in [2.24, 2.45) is 0 Å². The Morgan fingerprint density at radius 1 is 1.03 bits per heavy atom. The van der Waals surface area contributed by atoms with E-state index in [-0.39, 0.29) is 18.4 Å². The highest BCUT2D eigenvalue weighted by molar-refractivity contribution is 5.95. The van der Waals surface area contributed by atoms with E-state index < -0.39 is 5.41 Å². The number of benzene rings is 1. The monoisotopic (exact) mass is 413 g/mol. The molecule has 7 nitrogen and oxygen atoms in total. The predicted molar refractivity (Wildman–Crippen MR) is 115 cm³/mol. The Hall–Kier alpha value is -3.92. The highest BCUT2D eigenvalue weighted by Crippen LogP contribution is 2.36. The third kappa shape index (κ3) is 4.05. The Balaban J connectivity index is 1.49. The van der Waals surface area contributed by atoms with Crippen molar-refractivity contribution in [3.8, 4) is 11.9 Å². The van der Waals surface area contributed by atoms with Gasteiger partial charge >= 0.3 is 0 Å². The first-order chi connectivity index (χ1) is 15.1. The van der Waals surface area contributed by atoms with E-state index in [2.05, 4.69) is 10.3 Å². The van der Waals surface area contributed by atoms with Crippen LogP contribution < -0.4 is 5.32 Å². The molecule has 1 aromatic carbocycles. The van der Waals surface area contributed by atoms with E-state index in [4.69, 9.17) is 5.26 Å². The van der Waals surface area contributed by atoms with E-state index in [1.165, 1.54) is 0 Å². The lowest BCUT2D eigenvalue weighted by atomic mass is 9.72. The van der Waals surface area contributed by atoms with Gasteiger partial charge in [0.2, 0.25) is 5.91 Å². The number of rotatable bonds is 5. The van der Waals surface area contributed by atoms with Crippen LogP contribution in [-0.4, -0.2) is 45.9 Å². The van der Waals surface area contributed by atoms with Crippen LogP contribution in [0.15, 0.2) is 73.2 Å². The van der Waals surface area contributed by atoms with E-state index >= 15 is 0 Å². The summed E-state index contributed by atoms with van der Waals surface area (Å²) in [7, 11) is 0. The number of piperidine rings is 1. The number of nitrogens with one attached hydrogen (secondary N) is 1. The molecule has 1 fully saturated rings. The van der Waals surface area contributed by atoms with E-state index in [0.29, 0.717) is 31.5 Å². The van der Waals surface area contributed by atoms with Crippen molar-refractivity contribution in [2.75, 3.05) is 19.6 Å². The molecule has 0 unspecified atom stereocenters. The Bertz CT molecular complexity index is 1080. The fraction of sp³-hybridized carbons (Fsp3) is 0.250. The number of nitrogens with zero attached hydrogens (tertiary/aromatic N) is 4. The Kier molecular flexibility index (Phi) is 5.80. The third-order valence-electron chi connectivity index (χ3n) is 5.86. The quantitative estimate of drug-likeness (QED) is 0.651. The second-order valence-corrected chi connectivity index (χ2v) is 7.58. The number of pyridine rings is 1. The molecule has 1 aliphatic rings. The van der Waals surface area contributed by atoms with Gasteiger partial charge < -0.3 is 14.8 Å². The van der Waals surface area contributed by atoms with Crippen LogP contribution in [0.5, 0.6) is 0 Å². The maximum absolute atomic E-state index is 13.0. The summed E-state index contributed by atoms with van der Waals surface area (Å²) in [5, 5.41) is 11.6. The predicted octanol–water partition coefficient (Wildman–Crippen LogP) is 2.69. The first kappa shape index (κ1) is 20.4. The van der Waals surface area contributed by atoms with Gasteiger partial charge in [-0.3, -0.25) is 9.59 Å². The average molecular weight is 413 g/mol. The maximum Gasteiger partial charge on any atom is 0.255 e. The maximum atomic E-state index is 13.0. The number of hydrogen-bond acceptors (Lipinski definition) is 4. The Morgan fingerprint density at radius 3 is 2.35 bits per heavy atom. The number of hydrogen-bond donors (Lipinski definition) is 1. The minimum Gasteiger partial charge on any atom is -0.342 e. The molecule has 2 amide bonds. The second-order valence-electron chi connectivity index (χ2n) is 7.58. The smallest absolute Gasteiger partial charge is 0.255 e. The van der Waals surface area contributed by atoms with Gasteiger partial charge in [-0.2, -0.15) is 5.26 Å². The number of nitriles is 1. The van der Waals surface area contributed by atoms with Crippen molar-refractivity contribution in [1.82, 2.24) is 19.8 Å². The van der Waals surface area contributed by atoms with Gasteiger partial charge in [-0.15, -0.1) is 0 Å². The van der Waals surface area contributed by atoms with Gasteiger partial charge in [0, 0.05) is 31.7 Å². The third-order valence-corrected chi connectivity index (χ3v) is 5.86. The summed E-state index contributed by atoms with van der Waals surface area (Å²) in [5.74, 6) is 0.494. The van der Waals surface area contributed by atoms with Crippen LogP contribution in [0.25, 0.3) is 5.82 Å². The molecule has 0 atom stereocenters. The molecule has 0 aliphatic carbocycles. The summed E-state index contributed by atoms with van der Waals surface area (Å²) in [6.07, 6.45) is 6.38. The molecule has 2 aromatic heterocycles. The molecular weight excluding hydrogens is 390 g/mol. The molecule has 7 heteroatoms. The van der Waals surface area contributed by atoms with Crippen LogP contribution in [0.4, 0.5) is 0 Å². The number of likely N-dealkylation sites (tertiary alicyclic amines) is 1. The van der Waals surface area contributed by atoms with Crippen molar-refractivity contribution in [1.29, 1.82) is 5.26 Å². The Morgan fingerprint density at radius 2 is 1.74 bits per heavy atom. The molecule has 3 aromatic rings. The molecular formula is C24H23N5O2. The number of carbonyl (C=O) groups is 2. The summed E-state index contributed by atoms with van der Waals surface area (Å²) >= 11 is 0. The van der Waals surface area contributed by atoms with E-state index in [1.807, 2.05) is 71.6 Å². The SMILES string of the molecule is N#CCNC(=O)C1(c2ccccc2)CCN(C(=O)c2ccc(-n3cccc3)nc2)CC1. The molecule has 4 rings (SSSR count). The largest absolute Gasteiger partial charge is 0.342 e. The van der Waals surface area contributed by atoms with Crippen molar-refractivity contribution in [3.05, 3.63) is 84.3 Å². The second kappa shape index (κ2) is 8.84. The fourth-order valence-corrected chi connectivity index (χ4v) is 4.12. The summed E-state index contributed by atoms with van der Waals surface area (Å²) in [6, 6.07) is 19.0. The topological polar surface area (TPSA) is 91.0 Å². The van der Waals surface area contributed by atoms with E-state index in [9.17, 15) is 9.59 Å². The van der Waals surface area contributed by atoms with Gasteiger partial charge in [0.05, 0.1) is 17.0 Å². The molecule has 3 heterocycles. The van der Waals surface area contributed by atoms with Crippen molar-refractivity contribution in [2.45, 2.75) is 18.3 Å². The standard InChI is InChI=1S/C24H23N5O2/c25-12-13-26-23(31)24(20-6-2-1-3-7-20)10-16-29(17-11-24)22(30)19-8-9-21(27-18-19)28-14-4-5-15-28/h1-9,14-15,18H,10-11,13,16-17H2,(H,26,31). The molecule has 0 bridgehead atoms. The van der Waals surface area contributed by atoms with Crippen LogP contribution in [0.3, 0.4) is 0 Å². The van der Waals surface area contributed by atoms with Crippen LogP contribution >= 0.6 is 0 Å². The van der Waals surface area contributed by atoms with Gasteiger partial charge in [-0.25, -0.2) is 4.98 Å². The number of amides is 2. The summed E-state index contributed by atoms with van der Waals surface area (Å²) < 4.78 is 1.88. The lowest BCUT2D eigenvalue weighted by Gasteiger charge is -2.41. The first-order valence-corrected chi connectivity index (χ1v) is 10.2. The molecule has 1 aliphatic heterocycles. The van der Waals surface area contributed by atoms with Crippen LogP contribution in [0, 0.1) is 11.3 Å². The fourth-order valence-electron chi connectivity index (χ4n) is 4.12. The summed E-state index contributed by atoms with van der Waals surface area (Å²) in [6.45, 7) is 0.871. The molecule has 0 spiro atoms. The highest BCUT2D eigenvalue weighted by Gasteiger charge is 2.43. The zero-order chi connectivity index (χ0) is 21.7. The molecule has 156 valence electrons. The zero-order valence-electron chi connectivity index (χ0n) is 17.1. The van der Waals surface area contributed by atoms with Crippen molar-refractivity contribution < 1.29 is 9.59 Å². The number of carbonyl (C=O) groups excluding carboxylic acids is 2. The minimum absolute atomic E-state index is 0.0323. The first-order valence-electron chi connectivity index (χ1n) is 10.2. The molecule has 0 radical (unpaired) electrons. The Labute approximate surface area is 180 Å². The van der Waals surface area contributed by atoms with Crippen LogP contribution in [0.2, 0.25) is 0 Å². The zero-order valence-corrected chi connectivity index (χ0v) is 17.1. The minimum atomic E-state index is -0.745. The lowest BCUT2D eigenvalue weighted by molar-refractivity contribution is -0.128. The van der Waals surface area contributed by atoms with Gasteiger partial charge in [-0.1, -0.05) is 30.3 Å². The highest BCUT2D eigenvalue weighted by atomic mass is 16.2. The molecule has 1 saturated heterocycles. The molecule has 0 saturated carbocycles. The number of aromatic nitrogens is 2. The van der Waals surface area contributed by atoms with Crippen molar-refractivity contribution >= 4 is 11.8 Å². The molecule has 1 N–H and O–H groups in total. The van der Waals surface area contributed by atoms with Gasteiger partial charge in [0.1, 0.15) is 12.4 Å². The van der Waals surface area contributed by atoms with Crippen LogP contribution in [0.1, 0.15) is 28.8 Å². The van der Waals surface area contributed by atoms with Gasteiger partial charge in [-0.05, 0) is 42.7 Å². The molecule has 31 heavy (non-hydrogen) atoms. The normalized spacial score (nSPS) is 15.1.